The number of hydrogen-bond donors (Lipinski definition) is 1. The average Bonchev–Trinajstić information content (AvgIpc) is 2.27. The Bertz CT molecular complexity index is 592. The highest BCUT2D eigenvalue weighted by Crippen LogP contribution is 2.20. The van der Waals surface area contributed by atoms with Crippen molar-refractivity contribution >= 4 is 33.4 Å². The van der Waals surface area contributed by atoms with Crippen LogP contribution < -0.4 is 5.32 Å². The summed E-state index contributed by atoms with van der Waals surface area (Å²) in [4.78, 5) is 10.4. The van der Waals surface area contributed by atoms with Crippen molar-refractivity contribution in [2.75, 3.05) is 11.2 Å². The van der Waals surface area contributed by atoms with Gasteiger partial charge in [0.2, 0.25) is 5.91 Å². The van der Waals surface area contributed by atoms with E-state index >= 15 is 0 Å². The van der Waals surface area contributed by atoms with Crippen LogP contribution in [0.3, 0.4) is 0 Å². The molecule has 0 bridgehead atoms. The molecule has 0 atom stereocenters. The number of terminal acetylenes is 1. The molecule has 0 aliphatic heterocycles. The standard InChI is InChI=1S/C10H7ClFNO3S/c1-2-7-3-8(13-10(14)6-11)5-9(4-7)17(12,15)16/h1,3-5H,6H2,(H,13,14). The van der Waals surface area contributed by atoms with Crippen LogP contribution in [0.4, 0.5) is 9.57 Å². The van der Waals surface area contributed by atoms with Gasteiger partial charge in [0.25, 0.3) is 0 Å². The van der Waals surface area contributed by atoms with Crippen LogP contribution in [0, 0.1) is 12.3 Å². The highest BCUT2D eigenvalue weighted by atomic mass is 35.5. The molecule has 1 aromatic carbocycles. The van der Waals surface area contributed by atoms with Gasteiger partial charge in [0, 0.05) is 11.3 Å². The summed E-state index contributed by atoms with van der Waals surface area (Å²) in [6, 6.07) is 3.28. The summed E-state index contributed by atoms with van der Waals surface area (Å²) >= 11 is 5.26. The van der Waals surface area contributed by atoms with E-state index in [4.69, 9.17) is 18.0 Å². The van der Waals surface area contributed by atoms with Gasteiger partial charge in [-0.05, 0) is 18.2 Å². The van der Waals surface area contributed by atoms with E-state index in [9.17, 15) is 17.1 Å². The SMILES string of the molecule is C#Cc1cc(NC(=O)CCl)cc(S(=O)(=O)F)c1. The zero-order valence-corrected chi connectivity index (χ0v) is 9.98. The predicted octanol–water partition coefficient (Wildman–Crippen LogP) is 1.50. The van der Waals surface area contributed by atoms with Gasteiger partial charge in [-0.15, -0.1) is 21.9 Å². The lowest BCUT2D eigenvalue weighted by atomic mass is 10.2. The Morgan fingerprint density at radius 1 is 1.47 bits per heavy atom. The number of hydrogen-bond acceptors (Lipinski definition) is 3. The zero-order chi connectivity index (χ0) is 13.1. The van der Waals surface area contributed by atoms with E-state index in [2.05, 4.69) is 11.2 Å². The number of benzene rings is 1. The van der Waals surface area contributed by atoms with Crippen molar-refractivity contribution in [3.8, 4) is 12.3 Å². The molecule has 4 nitrogen and oxygen atoms in total. The molecule has 1 N–H and O–H groups in total. The second-order valence-electron chi connectivity index (χ2n) is 3.01. The molecule has 0 spiro atoms. The van der Waals surface area contributed by atoms with E-state index < -0.39 is 21.0 Å². The number of nitrogens with one attached hydrogen (secondary N) is 1. The van der Waals surface area contributed by atoms with Crippen molar-refractivity contribution in [1.82, 2.24) is 0 Å². The largest absolute Gasteiger partial charge is 0.332 e. The lowest BCUT2D eigenvalue weighted by Crippen LogP contribution is -2.13. The minimum absolute atomic E-state index is 0.0716. The Kier molecular flexibility index (Phi) is 4.10. The summed E-state index contributed by atoms with van der Waals surface area (Å²) in [6.07, 6.45) is 5.09. The van der Waals surface area contributed by atoms with Crippen LogP contribution in [0.25, 0.3) is 0 Å². The summed E-state index contributed by atoms with van der Waals surface area (Å²) in [6.45, 7) is 0. The number of rotatable bonds is 3. The normalized spacial score (nSPS) is 10.6. The van der Waals surface area contributed by atoms with E-state index in [1.54, 1.807) is 0 Å². The first-order valence-corrected chi connectivity index (χ1v) is 6.21. The molecule has 0 fully saturated rings. The van der Waals surface area contributed by atoms with E-state index in [1.807, 2.05) is 0 Å². The predicted molar refractivity (Wildman–Crippen MR) is 62.0 cm³/mol. The maximum Gasteiger partial charge on any atom is 0.332 e. The average molecular weight is 276 g/mol. The van der Waals surface area contributed by atoms with Gasteiger partial charge in [0.1, 0.15) is 10.8 Å². The first kappa shape index (κ1) is 13.5. The molecule has 1 amide bonds. The van der Waals surface area contributed by atoms with Crippen molar-refractivity contribution in [1.29, 1.82) is 0 Å². The minimum Gasteiger partial charge on any atom is -0.325 e. The summed E-state index contributed by atoms with van der Waals surface area (Å²) in [5.74, 6) is 1.30. The van der Waals surface area contributed by atoms with Gasteiger partial charge in [0.15, 0.2) is 0 Å². The number of alkyl halides is 1. The van der Waals surface area contributed by atoms with Gasteiger partial charge in [-0.2, -0.15) is 8.42 Å². The van der Waals surface area contributed by atoms with Crippen LogP contribution >= 0.6 is 11.6 Å². The molecule has 0 unspecified atom stereocenters. The third-order valence-electron chi connectivity index (χ3n) is 1.76. The van der Waals surface area contributed by atoms with Crippen LogP contribution in [-0.4, -0.2) is 20.2 Å². The lowest BCUT2D eigenvalue weighted by molar-refractivity contribution is -0.113. The fourth-order valence-corrected chi connectivity index (χ4v) is 1.69. The molecule has 1 aromatic rings. The third-order valence-corrected chi connectivity index (χ3v) is 2.80. The quantitative estimate of drug-likeness (QED) is 0.517. The molecule has 0 saturated carbocycles. The molecule has 1 rings (SSSR count). The van der Waals surface area contributed by atoms with Crippen LogP contribution in [0.2, 0.25) is 0 Å². The monoisotopic (exact) mass is 275 g/mol. The lowest BCUT2D eigenvalue weighted by Gasteiger charge is -2.05. The minimum atomic E-state index is -4.88. The van der Waals surface area contributed by atoms with Crippen molar-refractivity contribution in [3.63, 3.8) is 0 Å². The van der Waals surface area contributed by atoms with Gasteiger partial charge in [-0.3, -0.25) is 4.79 Å². The summed E-state index contributed by atoms with van der Waals surface area (Å²) in [5.41, 5.74) is 0.205. The van der Waals surface area contributed by atoms with Crippen molar-refractivity contribution in [3.05, 3.63) is 23.8 Å². The van der Waals surface area contributed by atoms with Gasteiger partial charge in [-0.25, -0.2) is 0 Å². The van der Waals surface area contributed by atoms with Gasteiger partial charge in [-0.1, -0.05) is 5.92 Å². The number of amides is 1. The molecule has 0 aliphatic rings. The van der Waals surface area contributed by atoms with Gasteiger partial charge >= 0.3 is 10.2 Å². The summed E-state index contributed by atoms with van der Waals surface area (Å²) in [7, 11) is -4.88. The van der Waals surface area contributed by atoms with E-state index in [1.165, 1.54) is 6.07 Å². The molecule has 7 heteroatoms. The molecular weight excluding hydrogens is 269 g/mol. The Morgan fingerprint density at radius 2 is 2.12 bits per heavy atom. The molecular formula is C10H7ClFNO3S. The second kappa shape index (κ2) is 5.17. The first-order valence-electron chi connectivity index (χ1n) is 4.29. The molecule has 0 saturated heterocycles. The number of carbonyl (C=O) groups is 1. The maximum absolute atomic E-state index is 12.8. The summed E-state index contributed by atoms with van der Waals surface area (Å²) < 4.78 is 34.3. The Balaban J connectivity index is 3.25. The van der Waals surface area contributed by atoms with Crippen molar-refractivity contribution in [2.45, 2.75) is 4.90 Å². The van der Waals surface area contributed by atoms with Crippen LogP contribution in [-0.2, 0) is 15.0 Å². The number of halogens is 2. The van der Waals surface area contributed by atoms with Crippen molar-refractivity contribution < 1.29 is 17.1 Å². The topological polar surface area (TPSA) is 63.2 Å². The molecule has 0 aliphatic carbocycles. The van der Waals surface area contributed by atoms with E-state index in [0.717, 1.165) is 12.1 Å². The highest BCUT2D eigenvalue weighted by molar-refractivity contribution is 7.86. The van der Waals surface area contributed by atoms with Crippen molar-refractivity contribution in [2.24, 2.45) is 0 Å². The van der Waals surface area contributed by atoms with E-state index in [0.29, 0.717) is 0 Å². The summed E-state index contributed by atoms with van der Waals surface area (Å²) in [5, 5.41) is 2.28. The third kappa shape index (κ3) is 3.73. The molecule has 0 aromatic heterocycles. The Morgan fingerprint density at radius 3 is 2.59 bits per heavy atom. The highest BCUT2D eigenvalue weighted by Gasteiger charge is 2.14. The Labute approximate surface area is 103 Å². The molecule has 0 heterocycles. The zero-order valence-electron chi connectivity index (χ0n) is 8.41. The van der Waals surface area contributed by atoms with Gasteiger partial charge in [0.05, 0.1) is 0 Å². The van der Waals surface area contributed by atoms with Gasteiger partial charge < -0.3 is 5.32 Å². The molecule has 0 radical (unpaired) electrons. The number of anilines is 1. The molecule has 17 heavy (non-hydrogen) atoms. The van der Waals surface area contributed by atoms with Crippen LogP contribution in [0.1, 0.15) is 5.56 Å². The van der Waals surface area contributed by atoms with Crippen LogP contribution in [0.5, 0.6) is 0 Å². The number of carbonyl (C=O) groups excluding carboxylic acids is 1. The van der Waals surface area contributed by atoms with E-state index in [-0.39, 0.29) is 17.1 Å². The first-order chi connectivity index (χ1) is 7.86. The fourth-order valence-electron chi connectivity index (χ4n) is 1.09. The Hall–Kier alpha value is -1.58. The maximum atomic E-state index is 12.8. The molecule has 90 valence electrons. The smallest absolute Gasteiger partial charge is 0.325 e. The fraction of sp³-hybridized carbons (Fsp3) is 0.100. The second-order valence-corrected chi connectivity index (χ2v) is 4.62. The van der Waals surface area contributed by atoms with Crippen LogP contribution in [0.15, 0.2) is 23.1 Å².